The lowest BCUT2D eigenvalue weighted by Gasteiger charge is -2.19. The van der Waals surface area contributed by atoms with Crippen molar-refractivity contribution in [3.05, 3.63) is 65.0 Å². The Bertz CT molecular complexity index is 655. The third-order valence-electron chi connectivity index (χ3n) is 3.40. The van der Waals surface area contributed by atoms with Crippen LogP contribution in [0.5, 0.6) is 0 Å². The van der Waals surface area contributed by atoms with Crippen LogP contribution in [-0.4, -0.2) is 24.9 Å². The van der Waals surface area contributed by atoms with Crippen molar-refractivity contribution in [1.29, 1.82) is 0 Å². The molecule has 0 spiro atoms. The number of benzene rings is 2. The SMILES string of the molecule is CNc1ccc(C(=O)N(C)Cc2cccc(F)c2)c(C)c1. The predicted molar refractivity (Wildman–Crippen MR) is 82.9 cm³/mol. The van der Waals surface area contributed by atoms with Crippen molar-refractivity contribution in [2.24, 2.45) is 0 Å². The van der Waals surface area contributed by atoms with E-state index < -0.39 is 0 Å². The van der Waals surface area contributed by atoms with E-state index in [2.05, 4.69) is 5.32 Å². The Hall–Kier alpha value is -2.36. The van der Waals surface area contributed by atoms with E-state index in [1.807, 2.05) is 38.2 Å². The number of amides is 1. The van der Waals surface area contributed by atoms with Gasteiger partial charge in [-0.1, -0.05) is 12.1 Å². The number of rotatable bonds is 4. The third kappa shape index (κ3) is 3.60. The minimum Gasteiger partial charge on any atom is -0.388 e. The molecular weight excluding hydrogens is 267 g/mol. The Kier molecular flexibility index (Phi) is 4.58. The molecule has 4 heteroatoms. The predicted octanol–water partition coefficient (Wildman–Crippen LogP) is 3.45. The Morgan fingerprint density at radius 2 is 2.00 bits per heavy atom. The monoisotopic (exact) mass is 286 g/mol. The zero-order valence-corrected chi connectivity index (χ0v) is 12.5. The number of carbonyl (C=O) groups is 1. The van der Waals surface area contributed by atoms with Crippen molar-refractivity contribution >= 4 is 11.6 Å². The van der Waals surface area contributed by atoms with E-state index in [1.165, 1.54) is 12.1 Å². The normalized spacial score (nSPS) is 10.3. The molecule has 0 saturated carbocycles. The fraction of sp³-hybridized carbons (Fsp3) is 0.235. The lowest BCUT2D eigenvalue weighted by atomic mass is 10.1. The number of hydrogen-bond acceptors (Lipinski definition) is 2. The topological polar surface area (TPSA) is 32.3 Å². The van der Waals surface area contributed by atoms with Gasteiger partial charge in [0, 0.05) is 31.9 Å². The van der Waals surface area contributed by atoms with Gasteiger partial charge in [0.25, 0.3) is 5.91 Å². The van der Waals surface area contributed by atoms with Crippen LogP contribution in [0.25, 0.3) is 0 Å². The van der Waals surface area contributed by atoms with Gasteiger partial charge in [-0.2, -0.15) is 0 Å². The summed E-state index contributed by atoms with van der Waals surface area (Å²) in [5.41, 5.74) is 3.32. The minimum atomic E-state index is -0.289. The van der Waals surface area contributed by atoms with E-state index in [1.54, 1.807) is 18.0 Å². The van der Waals surface area contributed by atoms with Crippen LogP contribution in [0.1, 0.15) is 21.5 Å². The summed E-state index contributed by atoms with van der Waals surface area (Å²) in [7, 11) is 3.56. The molecule has 1 N–H and O–H groups in total. The molecule has 2 rings (SSSR count). The molecular formula is C17H19FN2O. The van der Waals surface area contributed by atoms with E-state index in [4.69, 9.17) is 0 Å². The smallest absolute Gasteiger partial charge is 0.254 e. The second-order valence-electron chi connectivity index (χ2n) is 5.07. The van der Waals surface area contributed by atoms with Crippen LogP contribution >= 0.6 is 0 Å². The number of carbonyl (C=O) groups excluding carboxylic acids is 1. The number of halogens is 1. The maximum Gasteiger partial charge on any atom is 0.254 e. The van der Waals surface area contributed by atoms with Gasteiger partial charge >= 0.3 is 0 Å². The largest absolute Gasteiger partial charge is 0.388 e. The lowest BCUT2D eigenvalue weighted by molar-refractivity contribution is 0.0784. The Balaban J connectivity index is 2.15. The quantitative estimate of drug-likeness (QED) is 0.933. The molecule has 0 aromatic heterocycles. The Labute approximate surface area is 124 Å². The van der Waals surface area contributed by atoms with Crippen molar-refractivity contribution < 1.29 is 9.18 Å². The second kappa shape index (κ2) is 6.39. The number of anilines is 1. The first kappa shape index (κ1) is 15.0. The highest BCUT2D eigenvalue weighted by atomic mass is 19.1. The number of nitrogens with zero attached hydrogens (tertiary/aromatic N) is 1. The summed E-state index contributed by atoms with van der Waals surface area (Å²) in [4.78, 5) is 14.1. The average Bonchev–Trinajstić information content (AvgIpc) is 2.46. The second-order valence-corrected chi connectivity index (χ2v) is 5.07. The van der Waals surface area contributed by atoms with E-state index in [9.17, 15) is 9.18 Å². The van der Waals surface area contributed by atoms with E-state index in [0.717, 1.165) is 16.8 Å². The molecule has 0 radical (unpaired) electrons. The van der Waals surface area contributed by atoms with Crippen LogP contribution in [0, 0.1) is 12.7 Å². The molecule has 2 aromatic carbocycles. The summed E-state index contributed by atoms with van der Waals surface area (Å²) < 4.78 is 13.2. The van der Waals surface area contributed by atoms with Crippen LogP contribution < -0.4 is 5.32 Å². The van der Waals surface area contributed by atoms with Gasteiger partial charge in [-0.05, 0) is 48.4 Å². The molecule has 0 fully saturated rings. The summed E-state index contributed by atoms with van der Waals surface area (Å²) in [5.74, 6) is -0.359. The Morgan fingerprint density at radius 1 is 1.24 bits per heavy atom. The average molecular weight is 286 g/mol. The van der Waals surface area contributed by atoms with Crippen molar-refractivity contribution in [3.8, 4) is 0 Å². The number of aryl methyl sites for hydroxylation is 1. The van der Waals surface area contributed by atoms with Crippen LogP contribution in [-0.2, 0) is 6.54 Å². The molecule has 0 aliphatic heterocycles. The molecule has 3 nitrogen and oxygen atoms in total. The van der Waals surface area contributed by atoms with E-state index >= 15 is 0 Å². The summed E-state index contributed by atoms with van der Waals surface area (Å²) in [5, 5.41) is 3.04. The summed E-state index contributed by atoms with van der Waals surface area (Å²) in [6.07, 6.45) is 0. The van der Waals surface area contributed by atoms with Crippen LogP contribution in [0.2, 0.25) is 0 Å². The third-order valence-corrected chi connectivity index (χ3v) is 3.40. The molecule has 0 bridgehead atoms. The highest BCUT2D eigenvalue weighted by Gasteiger charge is 2.14. The van der Waals surface area contributed by atoms with Crippen LogP contribution in [0.15, 0.2) is 42.5 Å². The zero-order valence-electron chi connectivity index (χ0n) is 12.5. The highest BCUT2D eigenvalue weighted by Crippen LogP contribution is 2.17. The molecule has 1 amide bonds. The molecule has 2 aromatic rings. The lowest BCUT2D eigenvalue weighted by Crippen LogP contribution is -2.26. The van der Waals surface area contributed by atoms with E-state index in [0.29, 0.717) is 12.1 Å². The molecule has 0 aliphatic carbocycles. The first-order valence-corrected chi connectivity index (χ1v) is 6.79. The maximum atomic E-state index is 13.2. The van der Waals surface area contributed by atoms with Crippen LogP contribution in [0.4, 0.5) is 10.1 Å². The molecule has 21 heavy (non-hydrogen) atoms. The zero-order chi connectivity index (χ0) is 15.4. The molecule has 0 unspecified atom stereocenters. The van der Waals surface area contributed by atoms with Gasteiger partial charge in [0.05, 0.1) is 0 Å². The number of nitrogens with one attached hydrogen (secondary N) is 1. The van der Waals surface area contributed by atoms with Gasteiger partial charge in [0.2, 0.25) is 0 Å². The van der Waals surface area contributed by atoms with Gasteiger partial charge in [-0.3, -0.25) is 4.79 Å². The molecule has 0 atom stereocenters. The maximum absolute atomic E-state index is 13.2. The molecule has 0 heterocycles. The minimum absolute atomic E-state index is 0.0700. The van der Waals surface area contributed by atoms with Crippen molar-refractivity contribution in [2.45, 2.75) is 13.5 Å². The fourth-order valence-corrected chi connectivity index (χ4v) is 2.25. The summed E-state index contributed by atoms with van der Waals surface area (Å²) in [6.45, 7) is 2.29. The molecule has 0 aliphatic rings. The molecule has 0 saturated heterocycles. The highest BCUT2D eigenvalue weighted by molar-refractivity contribution is 5.95. The van der Waals surface area contributed by atoms with Crippen molar-refractivity contribution in [3.63, 3.8) is 0 Å². The van der Waals surface area contributed by atoms with Crippen molar-refractivity contribution in [2.75, 3.05) is 19.4 Å². The Morgan fingerprint density at radius 3 is 2.62 bits per heavy atom. The first-order valence-electron chi connectivity index (χ1n) is 6.79. The summed E-state index contributed by atoms with van der Waals surface area (Å²) >= 11 is 0. The fourth-order valence-electron chi connectivity index (χ4n) is 2.25. The first-order chi connectivity index (χ1) is 10.0. The van der Waals surface area contributed by atoms with Crippen molar-refractivity contribution in [1.82, 2.24) is 4.90 Å². The van der Waals surface area contributed by atoms with Gasteiger partial charge < -0.3 is 10.2 Å². The standard InChI is InChI=1S/C17H19FN2O/c1-12-9-15(19-2)7-8-16(12)17(21)20(3)11-13-5-4-6-14(18)10-13/h4-10,19H,11H2,1-3H3. The van der Waals surface area contributed by atoms with Gasteiger partial charge in [-0.15, -0.1) is 0 Å². The van der Waals surface area contributed by atoms with Crippen LogP contribution in [0.3, 0.4) is 0 Å². The summed E-state index contributed by atoms with van der Waals surface area (Å²) in [6, 6.07) is 11.9. The van der Waals surface area contributed by atoms with Gasteiger partial charge in [-0.25, -0.2) is 4.39 Å². The van der Waals surface area contributed by atoms with Gasteiger partial charge in [0.15, 0.2) is 0 Å². The van der Waals surface area contributed by atoms with Gasteiger partial charge in [0.1, 0.15) is 5.82 Å². The van der Waals surface area contributed by atoms with E-state index in [-0.39, 0.29) is 11.7 Å². The molecule has 110 valence electrons. The number of hydrogen-bond donors (Lipinski definition) is 1.